The van der Waals surface area contributed by atoms with Gasteiger partial charge in [-0.1, -0.05) is 13.2 Å². The Kier molecular flexibility index (Phi) is 6.08. The first-order valence-electron chi connectivity index (χ1n) is 11.4. The van der Waals surface area contributed by atoms with E-state index in [-0.39, 0.29) is 30.3 Å². The Morgan fingerprint density at radius 3 is 2.40 bits per heavy atom. The van der Waals surface area contributed by atoms with Crippen LogP contribution >= 0.6 is 0 Å². The largest absolute Gasteiger partial charge is 0.453 e. The van der Waals surface area contributed by atoms with Gasteiger partial charge in [0, 0.05) is 18.3 Å². The van der Waals surface area contributed by atoms with Crippen LogP contribution in [0.5, 0.6) is 0 Å². The van der Waals surface area contributed by atoms with E-state index in [1.165, 1.54) is 6.08 Å². The molecule has 6 nitrogen and oxygen atoms in total. The molecule has 166 valence electrons. The second kappa shape index (κ2) is 8.46. The van der Waals surface area contributed by atoms with E-state index in [4.69, 9.17) is 18.9 Å². The lowest BCUT2D eigenvalue weighted by molar-refractivity contribution is -0.194. The molecule has 2 heterocycles. The fourth-order valence-corrected chi connectivity index (χ4v) is 5.76. The van der Waals surface area contributed by atoms with Gasteiger partial charge in [0.2, 0.25) is 0 Å². The molecule has 0 amide bonds. The first-order chi connectivity index (χ1) is 14.4. The highest BCUT2D eigenvalue weighted by Crippen LogP contribution is 2.50. The predicted molar refractivity (Wildman–Crippen MR) is 111 cm³/mol. The third-order valence-electron chi connectivity index (χ3n) is 7.54. The van der Waals surface area contributed by atoms with Crippen LogP contribution in [0.2, 0.25) is 0 Å². The van der Waals surface area contributed by atoms with Crippen molar-refractivity contribution in [1.82, 2.24) is 0 Å². The molecule has 2 saturated carbocycles. The molecule has 2 aliphatic carbocycles. The molecule has 0 radical (unpaired) electrons. The van der Waals surface area contributed by atoms with Crippen LogP contribution in [0.3, 0.4) is 0 Å². The first kappa shape index (κ1) is 21.6. The van der Waals surface area contributed by atoms with Gasteiger partial charge in [-0.3, -0.25) is 0 Å². The van der Waals surface area contributed by atoms with Crippen LogP contribution in [-0.4, -0.2) is 48.1 Å². The zero-order valence-electron chi connectivity index (χ0n) is 18.0. The molecule has 30 heavy (non-hydrogen) atoms. The monoisotopic (exact) mass is 418 g/mol. The summed E-state index contributed by atoms with van der Waals surface area (Å²) in [6, 6.07) is 0. The van der Waals surface area contributed by atoms with Gasteiger partial charge < -0.3 is 18.9 Å². The average Bonchev–Trinajstić information content (AvgIpc) is 3.44. The van der Waals surface area contributed by atoms with Crippen molar-refractivity contribution in [3.63, 3.8) is 0 Å². The molecule has 4 fully saturated rings. The Morgan fingerprint density at radius 1 is 1.00 bits per heavy atom. The topological polar surface area (TPSA) is 71.1 Å². The van der Waals surface area contributed by atoms with Gasteiger partial charge in [-0.25, -0.2) is 9.59 Å². The fraction of sp³-hybridized carbons (Fsp3) is 0.750. The van der Waals surface area contributed by atoms with Crippen LogP contribution in [0.25, 0.3) is 0 Å². The lowest BCUT2D eigenvalue weighted by Crippen LogP contribution is -2.52. The summed E-state index contributed by atoms with van der Waals surface area (Å²) in [6.07, 6.45) is 10.2. The molecule has 4 rings (SSSR count). The Hall–Kier alpha value is -1.66. The Balaban J connectivity index is 1.42. The van der Waals surface area contributed by atoms with E-state index in [2.05, 4.69) is 13.2 Å². The maximum absolute atomic E-state index is 12.2. The van der Waals surface area contributed by atoms with E-state index in [1.54, 1.807) is 6.92 Å². The summed E-state index contributed by atoms with van der Waals surface area (Å²) in [6.45, 7) is 9.67. The quantitative estimate of drug-likeness (QED) is 0.459. The van der Waals surface area contributed by atoms with Gasteiger partial charge in [0.25, 0.3) is 0 Å². The van der Waals surface area contributed by atoms with Crippen molar-refractivity contribution in [2.24, 2.45) is 5.92 Å². The maximum atomic E-state index is 12.2. The molecule has 0 aromatic rings. The minimum Gasteiger partial charge on any atom is -0.453 e. The molecule has 0 bridgehead atoms. The summed E-state index contributed by atoms with van der Waals surface area (Å²) in [5.41, 5.74) is -0.643. The highest BCUT2D eigenvalue weighted by atomic mass is 16.6. The summed E-state index contributed by atoms with van der Waals surface area (Å²) in [5.74, 6) is -0.390. The summed E-state index contributed by atoms with van der Waals surface area (Å²) >= 11 is 0. The van der Waals surface area contributed by atoms with Crippen molar-refractivity contribution in [2.75, 3.05) is 6.61 Å². The molecule has 5 unspecified atom stereocenters. The van der Waals surface area contributed by atoms with Gasteiger partial charge in [-0.15, -0.1) is 0 Å². The molecule has 0 aromatic heterocycles. The molecule has 0 spiro atoms. The van der Waals surface area contributed by atoms with E-state index in [0.717, 1.165) is 70.8 Å². The summed E-state index contributed by atoms with van der Waals surface area (Å²) in [5, 5.41) is 0. The van der Waals surface area contributed by atoms with Gasteiger partial charge in [0.05, 0.1) is 18.3 Å². The lowest BCUT2D eigenvalue weighted by atomic mass is 9.75. The van der Waals surface area contributed by atoms with E-state index in [9.17, 15) is 9.59 Å². The molecule has 0 aromatic carbocycles. The van der Waals surface area contributed by atoms with E-state index >= 15 is 0 Å². The molecule has 5 atom stereocenters. The second-order valence-corrected chi connectivity index (χ2v) is 9.52. The van der Waals surface area contributed by atoms with Crippen molar-refractivity contribution in [3.05, 3.63) is 24.8 Å². The lowest BCUT2D eigenvalue weighted by Gasteiger charge is -2.45. The van der Waals surface area contributed by atoms with E-state index in [0.29, 0.717) is 11.5 Å². The Bertz CT molecular complexity index is 704. The Morgan fingerprint density at radius 2 is 1.80 bits per heavy atom. The van der Waals surface area contributed by atoms with Gasteiger partial charge in [-0.2, -0.15) is 0 Å². The summed E-state index contributed by atoms with van der Waals surface area (Å²) in [7, 11) is 0. The number of rotatable bonds is 7. The number of carbonyl (C=O) groups is 2. The fourth-order valence-electron chi connectivity index (χ4n) is 5.76. The van der Waals surface area contributed by atoms with Gasteiger partial charge in [-0.05, 0) is 77.0 Å². The average molecular weight is 419 g/mol. The molecule has 2 aliphatic heterocycles. The highest BCUT2D eigenvalue weighted by molar-refractivity contribution is 5.87. The van der Waals surface area contributed by atoms with Crippen LogP contribution in [-0.2, 0) is 28.5 Å². The van der Waals surface area contributed by atoms with Crippen LogP contribution < -0.4 is 0 Å². The van der Waals surface area contributed by atoms with Crippen LogP contribution in [0.1, 0.15) is 71.1 Å². The third-order valence-corrected chi connectivity index (χ3v) is 7.54. The van der Waals surface area contributed by atoms with Crippen LogP contribution in [0.4, 0.5) is 0 Å². The highest BCUT2D eigenvalue weighted by Gasteiger charge is 2.55. The van der Waals surface area contributed by atoms with Gasteiger partial charge >= 0.3 is 11.9 Å². The summed E-state index contributed by atoms with van der Waals surface area (Å²) < 4.78 is 24.2. The normalized spacial score (nSPS) is 37.4. The third kappa shape index (κ3) is 3.96. The van der Waals surface area contributed by atoms with Crippen molar-refractivity contribution in [2.45, 2.75) is 101 Å². The van der Waals surface area contributed by atoms with E-state index < -0.39 is 11.2 Å². The first-order valence-corrected chi connectivity index (χ1v) is 11.4. The molecule has 6 heteroatoms. The smallest absolute Gasteiger partial charge is 0.333 e. The standard InChI is InChI=1S/C24H34O6/c1-4-21(25)29-24(19-7-5-14-27-19)13-10-17(15-24)18-8-9-20(28-18)23(11-6-12-23)30-22(26)16(2)3/h4,17-20H,1-2,5-15H2,3H3. The van der Waals surface area contributed by atoms with Gasteiger partial charge in [0.15, 0.2) is 0 Å². The number of hydrogen-bond donors (Lipinski definition) is 0. The second-order valence-electron chi connectivity index (χ2n) is 9.52. The van der Waals surface area contributed by atoms with Crippen molar-refractivity contribution in [1.29, 1.82) is 0 Å². The maximum Gasteiger partial charge on any atom is 0.333 e. The minimum absolute atomic E-state index is 0.0434. The van der Waals surface area contributed by atoms with Crippen molar-refractivity contribution >= 4 is 11.9 Å². The number of ether oxygens (including phenoxy) is 4. The molecule has 0 N–H and O–H groups in total. The zero-order valence-corrected chi connectivity index (χ0v) is 18.0. The molecular formula is C24H34O6. The Labute approximate surface area is 179 Å². The molecule has 4 aliphatic rings. The molecular weight excluding hydrogens is 384 g/mol. The van der Waals surface area contributed by atoms with Crippen molar-refractivity contribution < 1.29 is 28.5 Å². The van der Waals surface area contributed by atoms with Crippen LogP contribution in [0.15, 0.2) is 24.8 Å². The van der Waals surface area contributed by atoms with Crippen molar-refractivity contribution in [3.8, 4) is 0 Å². The number of hydrogen-bond acceptors (Lipinski definition) is 6. The SMILES string of the molecule is C=CC(=O)OC1(C2CCCO2)CCC(C2CCC(C3(OC(=O)C(=C)C)CCC3)O2)C1. The number of carbonyl (C=O) groups excluding carboxylic acids is 2. The zero-order chi connectivity index (χ0) is 21.4. The van der Waals surface area contributed by atoms with Gasteiger partial charge in [0.1, 0.15) is 11.2 Å². The van der Waals surface area contributed by atoms with Crippen LogP contribution in [0, 0.1) is 5.92 Å². The van der Waals surface area contributed by atoms with E-state index in [1.807, 2.05) is 0 Å². The predicted octanol–water partition coefficient (Wildman–Crippen LogP) is 4.02. The number of esters is 2. The minimum atomic E-state index is -0.575. The molecule has 2 saturated heterocycles. The summed E-state index contributed by atoms with van der Waals surface area (Å²) in [4.78, 5) is 24.2.